The Balaban J connectivity index is 2.53. The second kappa shape index (κ2) is 6.01. The number of anilines is 2. The third-order valence-electron chi connectivity index (χ3n) is 2.08. The Labute approximate surface area is 113 Å². The van der Waals surface area contributed by atoms with Crippen LogP contribution in [-0.2, 0) is 4.74 Å². The monoisotopic (exact) mass is 261 g/mol. The van der Waals surface area contributed by atoms with Crippen LogP contribution in [0.15, 0.2) is 18.2 Å². The smallest absolute Gasteiger partial charge is 0.408 e. The molecule has 0 radical (unpaired) electrons. The number of alkyl carbamates (subject to hydrolysis) is 1. The summed E-state index contributed by atoms with van der Waals surface area (Å²) in [7, 11) is 0. The summed E-state index contributed by atoms with van der Waals surface area (Å²) in [5, 5.41) is 2.54. The summed E-state index contributed by atoms with van der Waals surface area (Å²) >= 11 is 0. The molecule has 1 aromatic rings. The highest BCUT2D eigenvalue weighted by Crippen LogP contribution is 2.17. The van der Waals surface area contributed by atoms with Crippen molar-refractivity contribution in [1.29, 1.82) is 0 Å². The van der Waals surface area contributed by atoms with E-state index in [2.05, 4.69) is 17.2 Å². The molecule has 1 amide bonds. The number of amides is 1. The van der Waals surface area contributed by atoms with E-state index >= 15 is 0 Å². The largest absolute Gasteiger partial charge is 0.444 e. The fourth-order valence-corrected chi connectivity index (χ4v) is 1.26. The maximum absolute atomic E-state index is 11.3. The van der Waals surface area contributed by atoms with Crippen molar-refractivity contribution < 1.29 is 9.53 Å². The van der Waals surface area contributed by atoms with E-state index in [0.717, 1.165) is 0 Å². The van der Waals surface area contributed by atoms with Crippen molar-refractivity contribution >= 4 is 17.5 Å². The van der Waals surface area contributed by atoms with Gasteiger partial charge >= 0.3 is 6.09 Å². The van der Waals surface area contributed by atoms with Gasteiger partial charge in [-0.1, -0.05) is 17.9 Å². The second-order valence-electron chi connectivity index (χ2n) is 4.97. The normalized spacial score (nSPS) is 10.3. The number of nitrogens with one attached hydrogen (secondary N) is 1. The lowest BCUT2D eigenvalue weighted by molar-refractivity contribution is 0.0535. The molecule has 0 bridgehead atoms. The average Bonchev–Trinajstić information content (AvgIpc) is 2.27. The molecule has 5 nitrogen and oxygen atoms in total. The van der Waals surface area contributed by atoms with Crippen molar-refractivity contribution in [1.82, 2.24) is 5.32 Å². The fraction of sp³-hybridized carbons (Fsp3) is 0.357. The Hall–Kier alpha value is -2.35. The van der Waals surface area contributed by atoms with Gasteiger partial charge in [-0.3, -0.25) is 0 Å². The summed E-state index contributed by atoms with van der Waals surface area (Å²) < 4.78 is 5.07. The van der Waals surface area contributed by atoms with Crippen LogP contribution in [0.1, 0.15) is 26.3 Å². The van der Waals surface area contributed by atoms with Gasteiger partial charge in [0.1, 0.15) is 5.60 Å². The van der Waals surface area contributed by atoms with Crippen LogP contribution in [0.5, 0.6) is 0 Å². The molecule has 1 aromatic carbocycles. The first kappa shape index (κ1) is 14.7. The molecule has 1 rings (SSSR count). The molecule has 5 heteroatoms. The predicted molar refractivity (Wildman–Crippen MR) is 76.4 cm³/mol. The lowest BCUT2D eigenvalue weighted by Crippen LogP contribution is -2.32. The molecule has 0 aliphatic carbocycles. The van der Waals surface area contributed by atoms with Gasteiger partial charge in [0, 0.05) is 5.56 Å². The molecule has 0 aliphatic rings. The number of carbonyl (C=O) groups is 1. The molecule has 0 atom stereocenters. The van der Waals surface area contributed by atoms with Crippen molar-refractivity contribution in [3.8, 4) is 11.8 Å². The maximum Gasteiger partial charge on any atom is 0.408 e. The number of rotatable bonds is 1. The zero-order chi connectivity index (χ0) is 14.5. The minimum Gasteiger partial charge on any atom is -0.444 e. The molecule has 0 saturated carbocycles. The topological polar surface area (TPSA) is 90.4 Å². The quantitative estimate of drug-likeness (QED) is 0.530. The molecule has 5 N–H and O–H groups in total. The van der Waals surface area contributed by atoms with E-state index in [1.54, 1.807) is 39.0 Å². The number of para-hydroxylation sites is 1. The van der Waals surface area contributed by atoms with Gasteiger partial charge in [0.05, 0.1) is 17.9 Å². The third-order valence-corrected chi connectivity index (χ3v) is 2.08. The zero-order valence-corrected chi connectivity index (χ0v) is 11.4. The Bertz CT molecular complexity index is 522. The van der Waals surface area contributed by atoms with Crippen LogP contribution in [0, 0.1) is 11.8 Å². The van der Waals surface area contributed by atoms with Gasteiger partial charge in [-0.15, -0.1) is 0 Å². The van der Waals surface area contributed by atoms with Crippen molar-refractivity contribution in [3.05, 3.63) is 23.8 Å². The molecule has 0 fully saturated rings. The van der Waals surface area contributed by atoms with E-state index in [9.17, 15) is 4.79 Å². The summed E-state index contributed by atoms with van der Waals surface area (Å²) in [6.07, 6.45) is -0.498. The molecule has 19 heavy (non-hydrogen) atoms. The van der Waals surface area contributed by atoms with Crippen LogP contribution in [0.2, 0.25) is 0 Å². The summed E-state index contributed by atoms with van der Waals surface area (Å²) in [5.74, 6) is 5.64. The van der Waals surface area contributed by atoms with E-state index in [0.29, 0.717) is 16.9 Å². The fourth-order valence-electron chi connectivity index (χ4n) is 1.26. The standard InChI is InChI=1S/C14H19N3O2/c1-14(2,3)19-13(18)17-9-5-7-10-6-4-8-11(15)12(10)16/h4,6,8H,9,15-16H2,1-3H3,(H,17,18). The summed E-state index contributed by atoms with van der Waals surface area (Å²) in [5.41, 5.74) is 12.5. The van der Waals surface area contributed by atoms with E-state index in [4.69, 9.17) is 16.2 Å². The number of benzene rings is 1. The SMILES string of the molecule is CC(C)(C)OC(=O)NCC#Cc1cccc(N)c1N. The molecule has 0 aliphatic heterocycles. The molecule has 0 spiro atoms. The molecule has 0 aromatic heterocycles. The van der Waals surface area contributed by atoms with Crippen molar-refractivity contribution in [2.24, 2.45) is 0 Å². The van der Waals surface area contributed by atoms with Gasteiger partial charge in [0.15, 0.2) is 0 Å². The molecular formula is C14H19N3O2. The number of carbonyl (C=O) groups excluding carboxylic acids is 1. The first-order chi connectivity index (χ1) is 8.79. The number of nitrogen functional groups attached to an aromatic ring is 2. The Morgan fingerprint density at radius 3 is 2.68 bits per heavy atom. The van der Waals surface area contributed by atoms with Gasteiger partial charge in [-0.2, -0.15) is 0 Å². The first-order valence-corrected chi connectivity index (χ1v) is 5.89. The molecule has 0 saturated heterocycles. The van der Waals surface area contributed by atoms with Crippen LogP contribution >= 0.6 is 0 Å². The highest BCUT2D eigenvalue weighted by atomic mass is 16.6. The van der Waals surface area contributed by atoms with Crippen LogP contribution < -0.4 is 16.8 Å². The average molecular weight is 261 g/mol. The summed E-state index contributed by atoms with van der Waals surface area (Å²) in [4.78, 5) is 11.3. The van der Waals surface area contributed by atoms with Crippen molar-refractivity contribution in [2.45, 2.75) is 26.4 Å². The number of hydrogen-bond acceptors (Lipinski definition) is 4. The zero-order valence-electron chi connectivity index (χ0n) is 11.4. The van der Waals surface area contributed by atoms with Crippen molar-refractivity contribution in [3.63, 3.8) is 0 Å². The van der Waals surface area contributed by atoms with E-state index in [1.807, 2.05) is 0 Å². The van der Waals surface area contributed by atoms with Gasteiger partial charge in [0.25, 0.3) is 0 Å². The minimum atomic E-state index is -0.518. The lowest BCUT2D eigenvalue weighted by Gasteiger charge is -2.19. The van der Waals surface area contributed by atoms with Gasteiger partial charge in [-0.05, 0) is 32.9 Å². The van der Waals surface area contributed by atoms with Crippen LogP contribution in [-0.4, -0.2) is 18.2 Å². The van der Waals surface area contributed by atoms with Crippen molar-refractivity contribution in [2.75, 3.05) is 18.0 Å². The van der Waals surface area contributed by atoms with E-state index in [-0.39, 0.29) is 6.54 Å². The molecule has 0 heterocycles. The molecule has 102 valence electrons. The van der Waals surface area contributed by atoms with Crippen LogP contribution in [0.25, 0.3) is 0 Å². The Morgan fingerprint density at radius 1 is 1.37 bits per heavy atom. The summed E-state index contributed by atoms with van der Waals surface area (Å²) in [6.45, 7) is 5.58. The number of nitrogens with two attached hydrogens (primary N) is 2. The predicted octanol–water partition coefficient (Wildman–Crippen LogP) is 1.73. The number of hydrogen-bond donors (Lipinski definition) is 3. The third kappa shape index (κ3) is 5.21. The Morgan fingerprint density at radius 2 is 2.05 bits per heavy atom. The Kier molecular flexibility index (Phi) is 4.65. The first-order valence-electron chi connectivity index (χ1n) is 5.89. The summed E-state index contributed by atoms with van der Waals surface area (Å²) in [6, 6.07) is 5.25. The van der Waals surface area contributed by atoms with Gasteiger partial charge in [0.2, 0.25) is 0 Å². The highest BCUT2D eigenvalue weighted by Gasteiger charge is 2.14. The van der Waals surface area contributed by atoms with Crippen LogP contribution in [0.4, 0.5) is 16.2 Å². The van der Waals surface area contributed by atoms with Gasteiger partial charge in [-0.25, -0.2) is 4.79 Å². The highest BCUT2D eigenvalue weighted by molar-refractivity contribution is 5.71. The minimum absolute atomic E-state index is 0.184. The van der Waals surface area contributed by atoms with E-state index in [1.165, 1.54) is 0 Å². The van der Waals surface area contributed by atoms with Gasteiger partial charge < -0.3 is 21.5 Å². The van der Waals surface area contributed by atoms with E-state index < -0.39 is 11.7 Å². The second-order valence-corrected chi connectivity index (χ2v) is 4.97. The van der Waals surface area contributed by atoms with Crippen LogP contribution in [0.3, 0.4) is 0 Å². The molecular weight excluding hydrogens is 242 g/mol. The lowest BCUT2D eigenvalue weighted by atomic mass is 10.1. The maximum atomic E-state index is 11.3. The molecule has 0 unspecified atom stereocenters. The number of ether oxygens (including phenoxy) is 1.